The highest BCUT2D eigenvalue weighted by Gasteiger charge is 2.12. The third kappa shape index (κ3) is 2.98. The highest BCUT2D eigenvalue weighted by molar-refractivity contribution is 5.75. The Hall–Kier alpha value is -1.35. The molecule has 2 rings (SSSR count). The average molecular weight is 259 g/mol. The lowest BCUT2D eigenvalue weighted by molar-refractivity contribution is 0.383. The summed E-state index contributed by atoms with van der Waals surface area (Å²) >= 11 is 0. The van der Waals surface area contributed by atoms with E-state index in [9.17, 15) is 0 Å². The van der Waals surface area contributed by atoms with Crippen molar-refractivity contribution in [3.8, 4) is 0 Å². The van der Waals surface area contributed by atoms with Gasteiger partial charge in [0.1, 0.15) is 5.82 Å². The van der Waals surface area contributed by atoms with E-state index >= 15 is 0 Å². The van der Waals surface area contributed by atoms with Gasteiger partial charge in [-0.3, -0.25) is 0 Å². The minimum Gasteiger partial charge on any atom is -0.327 e. The zero-order chi connectivity index (χ0) is 13.8. The van der Waals surface area contributed by atoms with Crippen molar-refractivity contribution in [3.63, 3.8) is 0 Å². The van der Waals surface area contributed by atoms with E-state index in [0.717, 1.165) is 24.4 Å². The topological polar surface area (TPSA) is 29.9 Å². The van der Waals surface area contributed by atoms with E-state index < -0.39 is 0 Å². The Kier molecular flexibility index (Phi) is 4.59. The second-order valence-corrected chi connectivity index (χ2v) is 5.32. The quantitative estimate of drug-likeness (QED) is 0.859. The molecule has 3 nitrogen and oxygen atoms in total. The van der Waals surface area contributed by atoms with Gasteiger partial charge >= 0.3 is 0 Å². The number of fused-ring (bicyclic) bond motifs is 1. The Balaban J connectivity index is 2.16. The normalized spacial score (nSPS) is 14.7. The number of nitrogens with zero attached hydrogens (tertiary/aromatic N) is 2. The molecular formula is C16H25N3. The summed E-state index contributed by atoms with van der Waals surface area (Å²) in [6, 6.07) is 8.88. The molecule has 0 saturated carbocycles. The monoisotopic (exact) mass is 259 g/mol. The molecule has 0 fully saturated rings. The average Bonchev–Trinajstić information content (AvgIpc) is 2.81. The molecule has 3 heteroatoms. The van der Waals surface area contributed by atoms with Crippen molar-refractivity contribution in [2.75, 3.05) is 0 Å². The van der Waals surface area contributed by atoms with E-state index in [4.69, 9.17) is 4.98 Å². The number of hydrogen-bond donors (Lipinski definition) is 1. The Morgan fingerprint density at radius 2 is 1.95 bits per heavy atom. The molecule has 0 amide bonds. The zero-order valence-electron chi connectivity index (χ0n) is 12.5. The summed E-state index contributed by atoms with van der Waals surface area (Å²) in [7, 11) is 0. The molecule has 0 bridgehead atoms. The van der Waals surface area contributed by atoms with Gasteiger partial charge in [-0.1, -0.05) is 32.4 Å². The van der Waals surface area contributed by atoms with E-state index in [1.807, 2.05) is 6.07 Å². The van der Waals surface area contributed by atoms with E-state index in [2.05, 4.69) is 55.8 Å². The summed E-state index contributed by atoms with van der Waals surface area (Å²) in [5.74, 6) is 1.83. The first-order valence-corrected chi connectivity index (χ1v) is 7.34. The molecule has 1 N–H and O–H groups in total. The van der Waals surface area contributed by atoms with Gasteiger partial charge in [-0.25, -0.2) is 4.98 Å². The molecule has 0 aliphatic heterocycles. The number of para-hydroxylation sites is 2. The molecule has 1 aromatic heterocycles. The highest BCUT2D eigenvalue weighted by atomic mass is 15.1. The lowest BCUT2D eigenvalue weighted by Gasteiger charge is -2.19. The first-order valence-electron chi connectivity index (χ1n) is 7.34. The van der Waals surface area contributed by atoms with Crippen LogP contribution in [0, 0.1) is 5.92 Å². The summed E-state index contributed by atoms with van der Waals surface area (Å²) in [5.41, 5.74) is 2.33. The lowest BCUT2D eigenvalue weighted by atomic mass is 10.0. The van der Waals surface area contributed by atoms with Crippen molar-refractivity contribution in [3.05, 3.63) is 30.1 Å². The van der Waals surface area contributed by atoms with Gasteiger partial charge in [0.2, 0.25) is 0 Å². The van der Waals surface area contributed by atoms with Crippen LogP contribution in [-0.2, 0) is 13.1 Å². The maximum absolute atomic E-state index is 4.74. The summed E-state index contributed by atoms with van der Waals surface area (Å²) in [4.78, 5) is 4.74. The van der Waals surface area contributed by atoms with Gasteiger partial charge in [-0.15, -0.1) is 0 Å². The molecule has 0 aliphatic carbocycles. The molecule has 2 atom stereocenters. The molecule has 1 aromatic carbocycles. The SMILES string of the molecule is CCC(C)C(C)NCc1nc2ccccc2n1CC. The molecule has 0 radical (unpaired) electrons. The number of hydrogen-bond acceptors (Lipinski definition) is 2. The van der Waals surface area contributed by atoms with E-state index in [1.54, 1.807) is 0 Å². The van der Waals surface area contributed by atoms with Crippen LogP contribution in [-0.4, -0.2) is 15.6 Å². The number of imidazole rings is 1. The van der Waals surface area contributed by atoms with Crippen LogP contribution in [0.5, 0.6) is 0 Å². The minimum atomic E-state index is 0.523. The first kappa shape index (κ1) is 14.1. The highest BCUT2D eigenvalue weighted by Crippen LogP contribution is 2.16. The summed E-state index contributed by atoms with van der Waals surface area (Å²) in [6.45, 7) is 10.8. The van der Waals surface area contributed by atoms with E-state index in [0.29, 0.717) is 12.0 Å². The van der Waals surface area contributed by atoms with Crippen LogP contribution in [0.1, 0.15) is 39.9 Å². The standard InChI is InChI=1S/C16H25N3/c1-5-12(3)13(4)17-11-16-18-14-9-7-8-10-15(14)19(16)6-2/h7-10,12-13,17H,5-6,11H2,1-4H3. The van der Waals surface area contributed by atoms with Crippen molar-refractivity contribution in [1.29, 1.82) is 0 Å². The summed E-state index contributed by atoms with van der Waals surface area (Å²) in [6.07, 6.45) is 1.21. The maximum atomic E-state index is 4.74. The molecule has 0 saturated heterocycles. The summed E-state index contributed by atoms with van der Waals surface area (Å²) in [5, 5.41) is 3.60. The maximum Gasteiger partial charge on any atom is 0.123 e. The predicted molar refractivity (Wildman–Crippen MR) is 81.2 cm³/mol. The second kappa shape index (κ2) is 6.20. The number of rotatable bonds is 6. The van der Waals surface area contributed by atoms with Gasteiger partial charge in [0.25, 0.3) is 0 Å². The van der Waals surface area contributed by atoms with Crippen LogP contribution >= 0.6 is 0 Å². The number of aryl methyl sites for hydroxylation is 1. The van der Waals surface area contributed by atoms with E-state index in [-0.39, 0.29) is 0 Å². The van der Waals surface area contributed by atoms with Gasteiger partial charge in [0.05, 0.1) is 17.6 Å². The van der Waals surface area contributed by atoms with Crippen LogP contribution in [0.15, 0.2) is 24.3 Å². The van der Waals surface area contributed by atoms with Gasteiger partial charge in [0, 0.05) is 12.6 Å². The van der Waals surface area contributed by atoms with Gasteiger partial charge in [-0.2, -0.15) is 0 Å². The van der Waals surface area contributed by atoms with Crippen LogP contribution < -0.4 is 5.32 Å². The fourth-order valence-corrected chi connectivity index (χ4v) is 2.42. The van der Waals surface area contributed by atoms with Crippen molar-refractivity contribution in [1.82, 2.24) is 14.9 Å². The number of benzene rings is 1. The van der Waals surface area contributed by atoms with Gasteiger partial charge < -0.3 is 9.88 Å². The largest absolute Gasteiger partial charge is 0.327 e. The van der Waals surface area contributed by atoms with Crippen molar-refractivity contribution in [2.45, 2.75) is 53.2 Å². The Morgan fingerprint density at radius 1 is 1.21 bits per heavy atom. The first-order chi connectivity index (χ1) is 9.17. The molecule has 0 aliphatic rings. The van der Waals surface area contributed by atoms with Crippen LogP contribution in [0.2, 0.25) is 0 Å². The van der Waals surface area contributed by atoms with Crippen LogP contribution in [0.4, 0.5) is 0 Å². The third-order valence-corrected chi connectivity index (χ3v) is 4.13. The Bertz CT molecular complexity index is 530. The molecule has 0 spiro atoms. The number of aromatic nitrogens is 2. The van der Waals surface area contributed by atoms with Crippen LogP contribution in [0.3, 0.4) is 0 Å². The molecule has 1 heterocycles. The molecular weight excluding hydrogens is 234 g/mol. The summed E-state index contributed by atoms with van der Waals surface area (Å²) < 4.78 is 2.30. The molecule has 2 aromatic rings. The fraction of sp³-hybridized carbons (Fsp3) is 0.562. The molecule has 19 heavy (non-hydrogen) atoms. The van der Waals surface area contributed by atoms with Crippen molar-refractivity contribution in [2.24, 2.45) is 5.92 Å². The van der Waals surface area contributed by atoms with E-state index in [1.165, 1.54) is 11.9 Å². The smallest absolute Gasteiger partial charge is 0.123 e. The Labute approximate surface area is 116 Å². The second-order valence-electron chi connectivity index (χ2n) is 5.32. The molecule has 104 valence electrons. The third-order valence-electron chi connectivity index (χ3n) is 4.13. The van der Waals surface area contributed by atoms with Gasteiger partial charge in [0.15, 0.2) is 0 Å². The fourth-order valence-electron chi connectivity index (χ4n) is 2.42. The van der Waals surface area contributed by atoms with Crippen LogP contribution in [0.25, 0.3) is 11.0 Å². The number of nitrogens with one attached hydrogen (secondary N) is 1. The predicted octanol–water partition coefficient (Wildman–Crippen LogP) is 3.58. The van der Waals surface area contributed by atoms with Gasteiger partial charge in [-0.05, 0) is 31.9 Å². The molecule has 2 unspecified atom stereocenters. The zero-order valence-corrected chi connectivity index (χ0v) is 12.5. The lowest BCUT2D eigenvalue weighted by Crippen LogP contribution is -2.32. The van der Waals surface area contributed by atoms with Crippen molar-refractivity contribution >= 4 is 11.0 Å². The Morgan fingerprint density at radius 3 is 2.63 bits per heavy atom. The minimum absolute atomic E-state index is 0.523. The van der Waals surface area contributed by atoms with Crippen molar-refractivity contribution < 1.29 is 0 Å².